The zero-order chi connectivity index (χ0) is 13.1. The minimum atomic E-state index is -0.337. The van der Waals surface area contributed by atoms with Gasteiger partial charge in [0.15, 0.2) is 5.69 Å². The minimum absolute atomic E-state index is 0.216. The molecule has 1 amide bonds. The van der Waals surface area contributed by atoms with E-state index in [-0.39, 0.29) is 11.6 Å². The molecule has 0 fully saturated rings. The lowest BCUT2D eigenvalue weighted by atomic mass is 10.2. The Morgan fingerprint density at radius 2 is 2.28 bits per heavy atom. The summed E-state index contributed by atoms with van der Waals surface area (Å²) in [6, 6.07) is 1.83. The molecule has 0 spiro atoms. The van der Waals surface area contributed by atoms with Crippen molar-refractivity contribution in [2.45, 2.75) is 20.3 Å². The number of carbonyl (C=O) groups is 1. The molecule has 6 nitrogen and oxygen atoms in total. The van der Waals surface area contributed by atoms with Crippen molar-refractivity contribution < 1.29 is 4.79 Å². The number of rotatable bonds is 3. The summed E-state index contributed by atoms with van der Waals surface area (Å²) >= 11 is 0. The highest BCUT2D eigenvalue weighted by molar-refractivity contribution is 6.06. The molecule has 94 valence electrons. The third kappa shape index (κ3) is 2.32. The third-order valence-corrected chi connectivity index (χ3v) is 2.58. The number of hydrogen-bond acceptors (Lipinski definition) is 4. The van der Waals surface area contributed by atoms with Gasteiger partial charge in [-0.2, -0.15) is 5.10 Å². The summed E-state index contributed by atoms with van der Waals surface area (Å²) in [6.45, 7) is 3.84. The largest absolute Gasteiger partial charge is 0.395 e. The number of nitrogens with one attached hydrogen (secondary N) is 2. The van der Waals surface area contributed by atoms with Crippen molar-refractivity contribution in [1.82, 2.24) is 15.2 Å². The predicted octanol–water partition coefficient (Wildman–Crippen LogP) is 1.51. The van der Waals surface area contributed by atoms with Crippen LogP contribution in [0.3, 0.4) is 0 Å². The van der Waals surface area contributed by atoms with Crippen LogP contribution in [0.5, 0.6) is 0 Å². The molecule has 0 unspecified atom stereocenters. The Morgan fingerprint density at radius 3 is 2.89 bits per heavy atom. The quantitative estimate of drug-likeness (QED) is 0.763. The first kappa shape index (κ1) is 12.1. The highest BCUT2D eigenvalue weighted by Gasteiger charge is 2.16. The Bertz CT molecular complexity index is 576. The Balaban J connectivity index is 2.19. The van der Waals surface area contributed by atoms with Crippen molar-refractivity contribution in [2.24, 2.45) is 0 Å². The second-order valence-corrected chi connectivity index (χ2v) is 4.02. The van der Waals surface area contributed by atoms with Gasteiger partial charge in [0.1, 0.15) is 0 Å². The van der Waals surface area contributed by atoms with Crippen LogP contribution in [0.4, 0.5) is 11.4 Å². The molecule has 2 heterocycles. The topological polar surface area (TPSA) is 96.7 Å². The van der Waals surface area contributed by atoms with E-state index in [1.54, 1.807) is 12.4 Å². The van der Waals surface area contributed by atoms with Gasteiger partial charge in [-0.05, 0) is 25.0 Å². The van der Waals surface area contributed by atoms with Crippen molar-refractivity contribution in [3.05, 3.63) is 35.4 Å². The van der Waals surface area contributed by atoms with Crippen LogP contribution >= 0.6 is 0 Å². The van der Waals surface area contributed by atoms with Crippen molar-refractivity contribution >= 4 is 17.3 Å². The van der Waals surface area contributed by atoms with Gasteiger partial charge >= 0.3 is 0 Å². The molecule has 4 N–H and O–H groups in total. The summed E-state index contributed by atoms with van der Waals surface area (Å²) in [5.74, 6) is -0.337. The summed E-state index contributed by atoms with van der Waals surface area (Å²) in [6.07, 6.45) is 4.00. The van der Waals surface area contributed by atoms with Crippen molar-refractivity contribution in [3.8, 4) is 0 Å². The standard InChI is InChI=1S/C12H15N5O/c1-3-9-10(13)11(17-16-9)12(18)15-8-4-7(2)5-14-6-8/h4-6H,3,13H2,1-2H3,(H,15,18)(H,16,17). The van der Waals surface area contributed by atoms with Crippen LogP contribution in [0.25, 0.3) is 0 Å². The van der Waals surface area contributed by atoms with Crippen LogP contribution in [-0.2, 0) is 6.42 Å². The van der Waals surface area contributed by atoms with Crippen LogP contribution < -0.4 is 11.1 Å². The minimum Gasteiger partial charge on any atom is -0.395 e. The van der Waals surface area contributed by atoms with Gasteiger partial charge < -0.3 is 11.1 Å². The fourth-order valence-corrected chi connectivity index (χ4v) is 1.64. The molecule has 0 saturated carbocycles. The van der Waals surface area contributed by atoms with Gasteiger partial charge in [0, 0.05) is 6.20 Å². The third-order valence-electron chi connectivity index (χ3n) is 2.58. The molecule has 18 heavy (non-hydrogen) atoms. The van der Waals surface area contributed by atoms with Crippen LogP contribution in [-0.4, -0.2) is 21.1 Å². The van der Waals surface area contributed by atoms with Crippen molar-refractivity contribution in [1.29, 1.82) is 0 Å². The summed E-state index contributed by atoms with van der Waals surface area (Å²) in [4.78, 5) is 16.0. The fourth-order valence-electron chi connectivity index (χ4n) is 1.64. The van der Waals surface area contributed by atoms with Gasteiger partial charge in [-0.3, -0.25) is 14.9 Å². The molecule has 0 aliphatic heterocycles. The number of amides is 1. The van der Waals surface area contributed by atoms with Crippen LogP contribution in [0.2, 0.25) is 0 Å². The molecule has 0 aliphatic rings. The number of anilines is 2. The van der Waals surface area contributed by atoms with E-state index in [0.29, 0.717) is 17.8 Å². The molecule has 0 bridgehead atoms. The molecular formula is C12H15N5O. The van der Waals surface area contributed by atoms with E-state index < -0.39 is 0 Å². The van der Waals surface area contributed by atoms with Crippen molar-refractivity contribution in [3.63, 3.8) is 0 Å². The van der Waals surface area contributed by atoms with Crippen LogP contribution in [0.15, 0.2) is 18.5 Å². The lowest BCUT2D eigenvalue weighted by Gasteiger charge is -2.04. The molecular weight excluding hydrogens is 230 g/mol. The summed E-state index contributed by atoms with van der Waals surface area (Å²) < 4.78 is 0. The number of aromatic nitrogens is 3. The Labute approximate surface area is 105 Å². The highest BCUT2D eigenvalue weighted by atomic mass is 16.2. The van der Waals surface area contributed by atoms with E-state index in [2.05, 4.69) is 20.5 Å². The molecule has 0 radical (unpaired) electrons. The predicted molar refractivity (Wildman–Crippen MR) is 69.3 cm³/mol. The number of nitrogens with two attached hydrogens (primary N) is 1. The monoisotopic (exact) mass is 245 g/mol. The normalized spacial score (nSPS) is 10.3. The Hall–Kier alpha value is -2.37. The number of nitrogens with zero attached hydrogens (tertiary/aromatic N) is 2. The summed E-state index contributed by atoms with van der Waals surface area (Å²) in [5, 5.41) is 9.39. The van der Waals surface area contributed by atoms with Gasteiger partial charge in [-0.25, -0.2) is 0 Å². The maximum absolute atomic E-state index is 12.0. The summed E-state index contributed by atoms with van der Waals surface area (Å²) in [5.41, 5.74) is 8.80. The Morgan fingerprint density at radius 1 is 1.50 bits per heavy atom. The van der Waals surface area contributed by atoms with E-state index in [0.717, 1.165) is 11.3 Å². The SMILES string of the molecule is CCc1[nH]nc(C(=O)Nc2cncc(C)c2)c1N. The first-order valence-corrected chi connectivity index (χ1v) is 5.67. The molecule has 0 aromatic carbocycles. The number of hydrogen-bond donors (Lipinski definition) is 3. The van der Waals surface area contributed by atoms with E-state index in [4.69, 9.17) is 5.73 Å². The zero-order valence-corrected chi connectivity index (χ0v) is 10.3. The second-order valence-electron chi connectivity index (χ2n) is 4.02. The number of nitrogen functional groups attached to an aromatic ring is 1. The molecule has 6 heteroatoms. The van der Waals surface area contributed by atoms with Gasteiger partial charge in [-0.15, -0.1) is 0 Å². The maximum Gasteiger partial charge on any atom is 0.278 e. The molecule has 2 aromatic heterocycles. The first-order chi connectivity index (χ1) is 8.61. The van der Waals surface area contributed by atoms with Gasteiger partial charge in [0.05, 0.1) is 23.3 Å². The van der Waals surface area contributed by atoms with Crippen LogP contribution in [0.1, 0.15) is 28.7 Å². The number of H-pyrrole nitrogens is 1. The molecule has 2 aromatic rings. The second kappa shape index (κ2) is 4.87. The maximum atomic E-state index is 12.0. The number of aryl methyl sites for hydroxylation is 2. The van der Waals surface area contributed by atoms with Gasteiger partial charge in [0.25, 0.3) is 5.91 Å². The molecule has 0 saturated heterocycles. The zero-order valence-electron chi connectivity index (χ0n) is 10.3. The van der Waals surface area contributed by atoms with Gasteiger partial charge in [0.2, 0.25) is 0 Å². The molecule has 2 rings (SSSR count). The fraction of sp³-hybridized carbons (Fsp3) is 0.250. The average molecular weight is 245 g/mol. The number of carbonyl (C=O) groups excluding carboxylic acids is 1. The lowest BCUT2D eigenvalue weighted by molar-refractivity contribution is 0.102. The van der Waals surface area contributed by atoms with Crippen molar-refractivity contribution in [2.75, 3.05) is 11.1 Å². The Kier molecular flexibility index (Phi) is 3.27. The summed E-state index contributed by atoms with van der Waals surface area (Å²) in [7, 11) is 0. The highest BCUT2D eigenvalue weighted by Crippen LogP contribution is 2.16. The van der Waals surface area contributed by atoms with E-state index >= 15 is 0 Å². The van der Waals surface area contributed by atoms with Gasteiger partial charge in [-0.1, -0.05) is 6.92 Å². The van der Waals surface area contributed by atoms with Crippen LogP contribution in [0, 0.1) is 6.92 Å². The smallest absolute Gasteiger partial charge is 0.278 e. The van der Waals surface area contributed by atoms with E-state index in [1.165, 1.54) is 0 Å². The number of aromatic amines is 1. The number of pyridine rings is 1. The first-order valence-electron chi connectivity index (χ1n) is 5.67. The lowest BCUT2D eigenvalue weighted by Crippen LogP contribution is -2.14. The molecule has 0 atom stereocenters. The molecule has 0 aliphatic carbocycles. The average Bonchev–Trinajstić information content (AvgIpc) is 2.70. The van der Waals surface area contributed by atoms with E-state index in [9.17, 15) is 4.79 Å². The van der Waals surface area contributed by atoms with E-state index in [1.807, 2.05) is 19.9 Å².